The Kier molecular flexibility index (Phi) is 43.0. The van der Waals surface area contributed by atoms with Gasteiger partial charge in [0.25, 0.3) is 0 Å². The van der Waals surface area contributed by atoms with Crippen molar-refractivity contribution in [3.63, 3.8) is 0 Å². The van der Waals surface area contributed by atoms with Gasteiger partial charge in [0.1, 0.15) is 0 Å². The molecule has 0 saturated heterocycles. The summed E-state index contributed by atoms with van der Waals surface area (Å²) in [5.74, 6) is 0. The van der Waals surface area contributed by atoms with E-state index in [1.54, 1.807) is 0 Å². The van der Waals surface area contributed by atoms with Gasteiger partial charge in [-0.2, -0.15) is 0 Å². The van der Waals surface area contributed by atoms with Crippen molar-refractivity contribution in [2.75, 3.05) is 0 Å². The van der Waals surface area contributed by atoms with Gasteiger partial charge in [0.05, 0.1) is 7.82 Å². The minimum atomic E-state index is -5.14. The third-order valence-corrected chi connectivity index (χ3v) is 0. The van der Waals surface area contributed by atoms with Crippen LogP contribution in [0.5, 0.6) is 0 Å². The minimum absolute atomic E-state index is 0. The van der Waals surface area contributed by atoms with Gasteiger partial charge >= 0.3 is 60.8 Å². The molecule has 0 saturated carbocycles. The van der Waals surface area contributed by atoms with Crippen LogP contribution in [0.15, 0.2) is 0 Å². The monoisotopic (exact) mass is 198 g/mol. The first-order valence-corrected chi connectivity index (χ1v) is 2.24. The molecule has 0 heterocycles. The summed E-state index contributed by atoms with van der Waals surface area (Å²) < 4.78 is 8.66. The van der Waals surface area contributed by atoms with Crippen LogP contribution in [0.2, 0.25) is 0 Å². The third kappa shape index (κ3) is 154. The maximum atomic E-state index is 8.66. The molecule has 5 N–H and O–H groups in total. The van der Waals surface area contributed by atoms with Crippen LogP contribution in [0, 0.1) is 0 Å². The average Bonchev–Trinajstić information content (AvgIpc) is 0.722. The molecule has 0 aromatic carbocycles. The van der Waals surface area contributed by atoms with Crippen LogP contribution in [0.4, 0.5) is 0 Å². The molecule has 0 aliphatic heterocycles. The standard InChI is InChI=1S/Ca.Mg.H3O4P.2H2O.2H/c;;1-5(2,3)4;;;;/h;;(H3,1,2,3,4);2*1H2;;/q2*+2;;;;2*-1/p-2. The second-order valence-corrected chi connectivity index (χ2v) is 1.41. The largest absolute Gasteiger partial charge is 2.00 e. The van der Waals surface area contributed by atoms with Crippen molar-refractivity contribution in [1.82, 2.24) is 0 Å². The van der Waals surface area contributed by atoms with Crippen molar-refractivity contribution in [3.8, 4) is 0 Å². The van der Waals surface area contributed by atoms with Gasteiger partial charge in [-0.3, -0.25) is 0 Å². The maximum Gasteiger partial charge on any atom is 2.00 e. The van der Waals surface area contributed by atoms with Gasteiger partial charge in [0.15, 0.2) is 0 Å². The van der Waals surface area contributed by atoms with Crippen LogP contribution in [0.1, 0.15) is 2.85 Å². The summed E-state index contributed by atoms with van der Waals surface area (Å²) in [4.78, 5) is 24.3. The SMILES string of the molecule is O.O.O=P([O-])([O-])O.[Ca+2].[H-].[H-].[Mg+2]. The van der Waals surface area contributed by atoms with Gasteiger partial charge in [-0.25, -0.2) is 0 Å². The molecule has 0 aliphatic rings. The zero-order chi connectivity index (χ0) is 4.50. The molecule has 0 aromatic rings. The Morgan fingerprint density at radius 2 is 1.33 bits per heavy atom. The molecule has 0 unspecified atom stereocenters. The first-order chi connectivity index (χ1) is 2.00. The topological polar surface area (TPSA) is 146 Å². The van der Waals surface area contributed by atoms with E-state index in [9.17, 15) is 0 Å². The van der Waals surface area contributed by atoms with E-state index in [-0.39, 0.29) is 74.6 Å². The van der Waals surface area contributed by atoms with Gasteiger partial charge in [-0.05, 0) is 0 Å². The summed E-state index contributed by atoms with van der Waals surface area (Å²) in [7, 11) is -5.14. The molecule has 9 heteroatoms. The van der Waals surface area contributed by atoms with E-state index in [0.29, 0.717) is 0 Å². The summed E-state index contributed by atoms with van der Waals surface area (Å²) >= 11 is 0. The van der Waals surface area contributed by atoms with E-state index < -0.39 is 7.82 Å². The number of rotatable bonds is 0. The fourth-order valence-corrected chi connectivity index (χ4v) is 0. The Hall–Kier alpha value is 2.06. The zero-order valence-corrected chi connectivity index (χ0v) is 9.05. The molecule has 0 atom stereocenters. The fourth-order valence-electron chi connectivity index (χ4n) is 0. The van der Waals surface area contributed by atoms with Crippen molar-refractivity contribution in [1.29, 1.82) is 0 Å². The quantitative estimate of drug-likeness (QED) is 0.309. The second-order valence-electron chi connectivity index (χ2n) is 0.469. The molecule has 9 heavy (non-hydrogen) atoms. The van der Waals surface area contributed by atoms with Crippen LogP contribution in [-0.2, 0) is 4.57 Å². The van der Waals surface area contributed by atoms with Gasteiger partial charge in [0.2, 0.25) is 0 Å². The molecule has 0 fully saturated rings. The molecule has 0 rings (SSSR count). The molecule has 0 bridgehead atoms. The molecular formula is H7CaMgO6P. The maximum absolute atomic E-state index is 8.66. The normalized spacial score (nSPS) is 6.56. The summed E-state index contributed by atoms with van der Waals surface area (Å²) in [6, 6.07) is 0. The molecule has 0 aromatic heterocycles. The predicted molar refractivity (Wildman–Crippen MR) is 30.8 cm³/mol. The molecule has 0 aliphatic carbocycles. The molecule has 0 radical (unpaired) electrons. The van der Waals surface area contributed by atoms with Gasteiger partial charge < -0.3 is 33.1 Å². The van der Waals surface area contributed by atoms with Crippen LogP contribution >= 0.6 is 7.82 Å². The minimum Gasteiger partial charge on any atom is -1.00 e. The van der Waals surface area contributed by atoms with E-state index >= 15 is 0 Å². The summed E-state index contributed by atoms with van der Waals surface area (Å²) in [6.07, 6.45) is 0. The first kappa shape index (κ1) is 30.5. The van der Waals surface area contributed by atoms with Gasteiger partial charge in [-0.1, -0.05) is 0 Å². The summed E-state index contributed by atoms with van der Waals surface area (Å²) in [5, 5.41) is 0. The van der Waals surface area contributed by atoms with Crippen molar-refractivity contribution in [2.45, 2.75) is 0 Å². The number of phosphoric acid groups is 1. The molecule has 0 spiro atoms. The van der Waals surface area contributed by atoms with Crippen LogP contribution in [-0.4, -0.2) is 76.6 Å². The van der Waals surface area contributed by atoms with E-state index in [1.165, 1.54) is 0 Å². The Bertz CT molecular complexity index is 66.7. The van der Waals surface area contributed by atoms with Gasteiger partial charge in [0, 0.05) is 0 Å². The fraction of sp³-hybridized carbons (Fsp3) is 0. The summed E-state index contributed by atoms with van der Waals surface area (Å²) in [5.41, 5.74) is 0. The predicted octanol–water partition coefficient (Wildman–Crippen LogP) is -4.38. The molecule has 0 amide bonds. The third-order valence-electron chi connectivity index (χ3n) is 0. The van der Waals surface area contributed by atoms with E-state index in [1.807, 2.05) is 0 Å². The smallest absolute Gasteiger partial charge is 1.00 e. The van der Waals surface area contributed by atoms with Gasteiger partial charge in [-0.15, -0.1) is 0 Å². The Morgan fingerprint density at radius 1 is 1.33 bits per heavy atom. The van der Waals surface area contributed by atoms with Crippen molar-refractivity contribution in [3.05, 3.63) is 0 Å². The van der Waals surface area contributed by atoms with E-state index in [0.717, 1.165) is 0 Å². The van der Waals surface area contributed by atoms with Crippen molar-refractivity contribution < 1.29 is 33.1 Å². The van der Waals surface area contributed by atoms with Crippen molar-refractivity contribution >= 4 is 68.6 Å². The van der Waals surface area contributed by atoms with Crippen LogP contribution in [0.3, 0.4) is 0 Å². The Labute approximate surface area is 101 Å². The Morgan fingerprint density at radius 3 is 1.33 bits per heavy atom. The molecule has 52 valence electrons. The van der Waals surface area contributed by atoms with Crippen molar-refractivity contribution in [2.24, 2.45) is 0 Å². The molecule has 6 nitrogen and oxygen atoms in total. The first-order valence-electron chi connectivity index (χ1n) is 0.748. The van der Waals surface area contributed by atoms with E-state index in [4.69, 9.17) is 19.2 Å². The second kappa shape index (κ2) is 12.7. The Balaban J connectivity index is -0.00000000533. The van der Waals surface area contributed by atoms with Crippen LogP contribution < -0.4 is 9.79 Å². The summed E-state index contributed by atoms with van der Waals surface area (Å²) in [6.45, 7) is 0. The average molecular weight is 198 g/mol. The molecular weight excluding hydrogens is 191 g/mol. The van der Waals surface area contributed by atoms with Crippen LogP contribution in [0.25, 0.3) is 0 Å². The zero-order valence-electron chi connectivity index (χ0n) is 6.53. The number of hydrogen-bond donors (Lipinski definition) is 1. The number of hydrogen-bond acceptors (Lipinski definition) is 3. The van der Waals surface area contributed by atoms with E-state index in [2.05, 4.69) is 0 Å².